The predicted molar refractivity (Wildman–Crippen MR) is 95.1 cm³/mol. The Hall–Kier alpha value is -2.32. The van der Waals surface area contributed by atoms with E-state index in [1.54, 1.807) is 12.3 Å². The van der Waals surface area contributed by atoms with Crippen molar-refractivity contribution in [2.45, 2.75) is 38.0 Å². The van der Waals surface area contributed by atoms with Crippen LogP contribution < -0.4 is 10.5 Å². The molecule has 0 aliphatic carbocycles. The molecule has 2 aliphatic rings. The van der Waals surface area contributed by atoms with Crippen molar-refractivity contribution < 1.29 is 9.47 Å². The Balaban J connectivity index is 1.48. The smallest absolute Gasteiger partial charge is 0.266 e. The summed E-state index contributed by atoms with van der Waals surface area (Å²) in [6, 6.07) is 3.16. The van der Waals surface area contributed by atoms with Gasteiger partial charge in [-0.2, -0.15) is 5.10 Å². The van der Waals surface area contributed by atoms with E-state index in [9.17, 15) is 4.79 Å². The van der Waals surface area contributed by atoms with E-state index in [-0.39, 0.29) is 11.7 Å². The van der Waals surface area contributed by atoms with Crippen LogP contribution in [-0.2, 0) is 16.0 Å². The lowest BCUT2D eigenvalue weighted by atomic mass is 10.0. The molecule has 4 rings (SSSR count). The molecule has 1 spiro atoms. The van der Waals surface area contributed by atoms with Gasteiger partial charge < -0.3 is 14.4 Å². The molecule has 0 aromatic carbocycles. The number of aryl methyl sites for hydroxylation is 1. The van der Waals surface area contributed by atoms with Gasteiger partial charge in [0.05, 0.1) is 32.4 Å². The quantitative estimate of drug-likeness (QED) is 0.803. The third kappa shape index (κ3) is 3.61. The summed E-state index contributed by atoms with van der Waals surface area (Å²) < 4.78 is 13.7. The number of hydrogen-bond donors (Lipinski definition) is 0. The highest BCUT2D eigenvalue weighted by Gasteiger charge is 2.43. The lowest BCUT2D eigenvalue weighted by molar-refractivity contribution is -0.0810. The van der Waals surface area contributed by atoms with Gasteiger partial charge in [0.1, 0.15) is 5.60 Å². The average Bonchev–Trinajstić information content (AvgIpc) is 2.90. The molecule has 26 heavy (non-hydrogen) atoms. The number of nitrogens with zero attached hydrogens (tertiary/aromatic N) is 5. The van der Waals surface area contributed by atoms with Gasteiger partial charge in [-0.25, -0.2) is 14.6 Å². The summed E-state index contributed by atoms with van der Waals surface area (Å²) in [5.74, 6) is 0.702. The predicted octanol–water partition coefficient (Wildman–Crippen LogP) is 0.796. The molecular formula is C18H23N5O3. The standard InChI is InChI=1S/C18H23N5O3/c1-14-9-19-17(20-10-14)22-7-8-25-13-18(12-22)5-4-15(26-18)11-23-16(24)3-2-6-21-23/h2-3,6,9-10,15H,4-5,7-8,11-13H2,1H3/t15-,18+/m0/s1. The second-order valence-corrected chi connectivity index (χ2v) is 7.04. The second-order valence-electron chi connectivity index (χ2n) is 7.04. The SMILES string of the molecule is Cc1cnc(N2CCOC[C@@]3(CC[C@@H](Cn4ncccc4=O)O3)C2)nc1. The Morgan fingerprint density at radius 1 is 1.35 bits per heavy atom. The van der Waals surface area contributed by atoms with Crippen LogP contribution in [0.4, 0.5) is 5.95 Å². The first-order valence-electron chi connectivity index (χ1n) is 8.95. The van der Waals surface area contributed by atoms with Crippen LogP contribution in [-0.4, -0.2) is 57.8 Å². The number of aromatic nitrogens is 4. The van der Waals surface area contributed by atoms with Crippen molar-refractivity contribution in [3.63, 3.8) is 0 Å². The molecular weight excluding hydrogens is 334 g/mol. The molecule has 2 atom stereocenters. The molecule has 138 valence electrons. The maximum absolute atomic E-state index is 11.9. The van der Waals surface area contributed by atoms with Gasteiger partial charge in [0.2, 0.25) is 5.95 Å². The van der Waals surface area contributed by atoms with Crippen molar-refractivity contribution in [2.75, 3.05) is 31.2 Å². The van der Waals surface area contributed by atoms with Crippen molar-refractivity contribution in [1.82, 2.24) is 19.7 Å². The van der Waals surface area contributed by atoms with Crippen molar-refractivity contribution in [3.05, 3.63) is 46.6 Å². The van der Waals surface area contributed by atoms with Gasteiger partial charge in [-0.15, -0.1) is 0 Å². The largest absolute Gasteiger partial charge is 0.377 e. The Morgan fingerprint density at radius 2 is 2.19 bits per heavy atom. The minimum absolute atomic E-state index is 0.0508. The molecule has 2 saturated heterocycles. The second kappa shape index (κ2) is 7.13. The third-order valence-corrected chi connectivity index (χ3v) is 4.90. The van der Waals surface area contributed by atoms with Crippen LogP contribution in [0.5, 0.6) is 0 Å². The highest BCUT2D eigenvalue weighted by atomic mass is 16.6. The summed E-state index contributed by atoms with van der Waals surface area (Å²) in [5.41, 5.74) is 0.532. The molecule has 0 bridgehead atoms. The molecule has 2 aromatic rings. The zero-order chi connectivity index (χ0) is 18.0. The number of rotatable bonds is 3. The highest BCUT2D eigenvalue weighted by Crippen LogP contribution is 2.34. The average molecular weight is 357 g/mol. The summed E-state index contributed by atoms with van der Waals surface area (Å²) in [6.07, 6.45) is 6.97. The van der Waals surface area contributed by atoms with E-state index in [0.29, 0.717) is 32.3 Å². The molecule has 0 radical (unpaired) electrons. The zero-order valence-electron chi connectivity index (χ0n) is 14.9. The van der Waals surface area contributed by atoms with E-state index in [2.05, 4.69) is 20.0 Å². The summed E-state index contributed by atoms with van der Waals surface area (Å²) in [6.45, 7) is 5.02. The summed E-state index contributed by atoms with van der Waals surface area (Å²) in [5, 5.41) is 4.13. The first-order chi connectivity index (χ1) is 12.6. The van der Waals surface area contributed by atoms with Gasteiger partial charge in [0.25, 0.3) is 5.56 Å². The minimum atomic E-state index is -0.395. The third-order valence-electron chi connectivity index (χ3n) is 4.90. The van der Waals surface area contributed by atoms with E-state index in [1.807, 2.05) is 19.3 Å². The molecule has 4 heterocycles. The van der Waals surface area contributed by atoms with E-state index in [4.69, 9.17) is 9.47 Å². The van der Waals surface area contributed by atoms with Gasteiger partial charge >= 0.3 is 0 Å². The molecule has 8 nitrogen and oxygen atoms in total. The lowest BCUT2D eigenvalue weighted by Gasteiger charge is -2.32. The Kier molecular flexibility index (Phi) is 4.69. The van der Waals surface area contributed by atoms with Crippen LogP contribution in [0.3, 0.4) is 0 Å². The van der Waals surface area contributed by atoms with Crippen LogP contribution in [0.15, 0.2) is 35.5 Å². The number of anilines is 1. The Labute approximate surface area is 151 Å². The molecule has 2 fully saturated rings. The van der Waals surface area contributed by atoms with Crippen LogP contribution in [0.25, 0.3) is 0 Å². The van der Waals surface area contributed by atoms with Gasteiger partial charge in [-0.3, -0.25) is 4.79 Å². The Morgan fingerprint density at radius 3 is 3.00 bits per heavy atom. The summed E-state index contributed by atoms with van der Waals surface area (Å²) in [7, 11) is 0. The molecule has 0 saturated carbocycles. The number of ether oxygens (including phenoxy) is 2. The van der Waals surface area contributed by atoms with E-state index in [1.165, 1.54) is 10.7 Å². The van der Waals surface area contributed by atoms with Crippen LogP contribution in [0.1, 0.15) is 18.4 Å². The van der Waals surface area contributed by atoms with Crippen LogP contribution >= 0.6 is 0 Å². The van der Waals surface area contributed by atoms with Crippen molar-refractivity contribution in [1.29, 1.82) is 0 Å². The molecule has 0 amide bonds. The summed E-state index contributed by atoms with van der Waals surface area (Å²) >= 11 is 0. The first-order valence-corrected chi connectivity index (χ1v) is 8.95. The fraction of sp³-hybridized carbons (Fsp3) is 0.556. The van der Waals surface area contributed by atoms with Crippen LogP contribution in [0.2, 0.25) is 0 Å². The molecule has 8 heteroatoms. The monoisotopic (exact) mass is 357 g/mol. The van der Waals surface area contributed by atoms with Gasteiger partial charge in [-0.05, 0) is 31.4 Å². The molecule has 2 aliphatic heterocycles. The molecule has 0 N–H and O–H groups in total. The van der Waals surface area contributed by atoms with E-state index < -0.39 is 5.60 Å². The number of hydrogen-bond acceptors (Lipinski definition) is 7. The molecule has 0 unspecified atom stereocenters. The van der Waals surface area contributed by atoms with Crippen molar-refractivity contribution >= 4 is 5.95 Å². The van der Waals surface area contributed by atoms with Crippen molar-refractivity contribution in [2.24, 2.45) is 0 Å². The van der Waals surface area contributed by atoms with E-state index >= 15 is 0 Å². The Bertz CT molecular complexity index is 809. The fourth-order valence-corrected chi connectivity index (χ4v) is 3.59. The maximum atomic E-state index is 11.9. The van der Waals surface area contributed by atoms with Gasteiger partial charge in [0.15, 0.2) is 0 Å². The maximum Gasteiger partial charge on any atom is 0.266 e. The van der Waals surface area contributed by atoms with Crippen LogP contribution in [0, 0.1) is 6.92 Å². The highest BCUT2D eigenvalue weighted by molar-refractivity contribution is 5.31. The van der Waals surface area contributed by atoms with Crippen molar-refractivity contribution in [3.8, 4) is 0 Å². The van der Waals surface area contributed by atoms with E-state index in [0.717, 1.165) is 24.9 Å². The zero-order valence-corrected chi connectivity index (χ0v) is 14.9. The normalized spacial score (nSPS) is 26.2. The lowest BCUT2D eigenvalue weighted by Crippen LogP contribution is -2.45. The molecule has 2 aromatic heterocycles. The summed E-state index contributed by atoms with van der Waals surface area (Å²) in [4.78, 5) is 22.9. The van der Waals surface area contributed by atoms with Gasteiger partial charge in [-0.1, -0.05) is 0 Å². The minimum Gasteiger partial charge on any atom is -0.377 e. The topological polar surface area (TPSA) is 82.4 Å². The fourth-order valence-electron chi connectivity index (χ4n) is 3.59. The van der Waals surface area contributed by atoms with Gasteiger partial charge in [0, 0.05) is 31.2 Å². The first kappa shape index (κ1) is 17.1.